The number of amides is 1. The number of rotatable bonds is 6. The SMILES string of the molecule is CNCC1CCN(C(=O)COc2ccccc2[N+](=O)[O-])C1.Cl. The number of carbonyl (C=O) groups excluding carboxylic acids is 1. The molecule has 1 fully saturated rings. The molecular formula is C14H20ClN3O4. The van der Waals surface area contributed by atoms with E-state index in [4.69, 9.17) is 4.74 Å². The number of likely N-dealkylation sites (tertiary alicyclic amines) is 1. The Morgan fingerprint density at radius 2 is 2.23 bits per heavy atom. The van der Waals surface area contributed by atoms with E-state index >= 15 is 0 Å². The van der Waals surface area contributed by atoms with Gasteiger partial charge in [-0.05, 0) is 32.0 Å². The molecule has 0 bridgehead atoms. The molecule has 1 unspecified atom stereocenters. The lowest BCUT2D eigenvalue weighted by Crippen LogP contribution is -2.34. The third kappa shape index (κ3) is 4.57. The van der Waals surface area contributed by atoms with Crippen LogP contribution in [0.1, 0.15) is 6.42 Å². The monoisotopic (exact) mass is 329 g/mol. The maximum absolute atomic E-state index is 12.1. The summed E-state index contributed by atoms with van der Waals surface area (Å²) in [5, 5.41) is 14.0. The Bertz CT molecular complexity index is 527. The maximum atomic E-state index is 12.1. The number of nitrogens with zero attached hydrogens (tertiary/aromatic N) is 2. The van der Waals surface area contributed by atoms with Crippen molar-refractivity contribution in [2.24, 2.45) is 5.92 Å². The highest BCUT2D eigenvalue weighted by Gasteiger charge is 2.26. The second-order valence-electron chi connectivity index (χ2n) is 5.07. The zero-order chi connectivity index (χ0) is 15.2. The first-order chi connectivity index (χ1) is 10.1. The third-order valence-corrected chi connectivity index (χ3v) is 3.54. The number of carbonyl (C=O) groups is 1. The van der Waals surface area contributed by atoms with Crippen LogP contribution in [0.5, 0.6) is 5.75 Å². The van der Waals surface area contributed by atoms with Gasteiger partial charge in [-0.2, -0.15) is 0 Å². The minimum absolute atomic E-state index is 0. The predicted molar refractivity (Wildman–Crippen MR) is 84.5 cm³/mol. The van der Waals surface area contributed by atoms with Crippen LogP contribution in [0.25, 0.3) is 0 Å². The van der Waals surface area contributed by atoms with Crippen LogP contribution in [-0.2, 0) is 4.79 Å². The summed E-state index contributed by atoms with van der Waals surface area (Å²) in [6.45, 7) is 2.14. The van der Waals surface area contributed by atoms with E-state index < -0.39 is 4.92 Å². The second-order valence-corrected chi connectivity index (χ2v) is 5.07. The molecule has 22 heavy (non-hydrogen) atoms. The molecule has 7 nitrogen and oxygen atoms in total. The Labute approximate surface area is 135 Å². The number of nitro groups is 1. The molecule has 1 atom stereocenters. The minimum atomic E-state index is -0.515. The van der Waals surface area contributed by atoms with Crippen LogP contribution < -0.4 is 10.1 Å². The number of nitro benzene ring substituents is 1. The predicted octanol–water partition coefficient (Wildman–Crippen LogP) is 1.46. The zero-order valence-corrected chi connectivity index (χ0v) is 13.2. The number of hydrogen-bond acceptors (Lipinski definition) is 5. The van der Waals surface area contributed by atoms with Crippen molar-refractivity contribution in [3.05, 3.63) is 34.4 Å². The lowest BCUT2D eigenvalue weighted by molar-refractivity contribution is -0.385. The first kappa shape index (κ1) is 18.2. The van der Waals surface area contributed by atoms with E-state index in [0.29, 0.717) is 19.0 Å². The molecule has 0 saturated carbocycles. The number of nitrogens with one attached hydrogen (secondary N) is 1. The molecule has 0 radical (unpaired) electrons. The van der Waals surface area contributed by atoms with Crippen LogP contribution in [0.3, 0.4) is 0 Å². The molecule has 1 heterocycles. The third-order valence-electron chi connectivity index (χ3n) is 3.54. The normalized spacial score (nSPS) is 17.0. The Morgan fingerprint density at radius 1 is 1.50 bits per heavy atom. The van der Waals surface area contributed by atoms with E-state index in [-0.39, 0.29) is 36.4 Å². The number of benzene rings is 1. The standard InChI is InChI=1S/C14H19N3O4.ClH/c1-15-8-11-6-7-16(9-11)14(18)10-21-13-5-3-2-4-12(13)17(19)20;/h2-5,11,15H,6-10H2,1H3;1H. The van der Waals surface area contributed by atoms with Gasteiger partial charge in [0.2, 0.25) is 0 Å². The quantitative estimate of drug-likeness (QED) is 0.631. The van der Waals surface area contributed by atoms with Gasteiger partial charge in [0.25, 0.3) is 5.91 Å². The molecule has 1 N–H and O–H groups in total. The van der Waals surface area contributed by atoms with Crippen molar-refractivity contribution in [3.8, 4) is 5.75 Å². The number of ether oxygens (including phenoxy) is 1. The molecule has 0 aliphatic carbocycles. The maximum Gasteiger partial charge on any atom is 0.310 e. The van der Waals surface area contributed by atoms with E-state index in [2.05, 4.69) is 5.32 Å². The summed E-state index contributed by atoms with van der Waals surface area (Å²) in [4.78, 5) is 24.2. The highest BCUT2D eigenvalue weighted by molar-refractivity contribution is 5.85. The largest absolute Gasteiger partial charge is 0.477 e. The highest BCUT2D eigenvalue weighted by Crippen LogP contribution is 2.26. The van der Waals surface area contributed by atoms with Crippen LogP contribution >= 0.6 is 12.4 Å². The van der Waals surface area contributed by atoms with Gasteiger partial charge in [0.05, 0.1) is 4.92 Å². The molecule has 2 rings (SSSR count). The molecular weight excluding hydrogens is 310 g/mol. The van der Waals surface area contributed by atoms with Gasteiger partial charge in [-0.1, -0.05) is 12.1 Å². The fourth-order valence-electron chi connectivity index (χ4n) is 2.48. The van der Waals surface area contributed by atoms with Crippen LogP contribution in [0.15, 0.2) is 24.3 Å². The Kier molecular flexibility index (Phi) is 7.07. The molecule has 1 saturated heterocycles. The van der Waals surface area contributed by atoms with Gasteiger partial charge in [0.1, 0.15) is 0 Å². The van der Waals surface area contributed by atoms with Crippen molar-refractivity contribution in [1.82, 2.24) is 10.2 Å². The molecule has 1 aliphatic rings. The summed E-state index contributed by atoms with van der Waals surface area (Å²) in [5.41, 5.74) is -0.125. The fourth-order valence-corrected chi connectivity index (χ4v) is 2.48. The zero-order valence-electron chi connectivity index (χ0n) is 12.4. The summed E-state index contributed by atoms with van der Waals surface area (Å²) in [7, 11) is 1.89. The first-order valence-corrected chi connectivity index (χ1v) is 6.90. The first-order valence-electron chi connectivity index (χ1n) is 6.90. The Balaban J connectivity index is 0.00000242. The lowest BCUT2D eigenvalue weighted by atomic mass is 10.1. The van der Waals surface area contributed by atoms with Gasteiger partial charge in [-0.15, -0.1) is 12.4 Å². The van der Waals surface area contributed by atoms with Gasteiger partial charge in [-0.3, -0.25) is 14.9 Å². The van der Waals surface area contributed by atoms with Gasteiger partial charge in [-0.25, -0.2) is 0 Å². The Morgan fingerprint density at radius 3 is 2.91 bits per heavy atom. The summed E-state index contributed by atoms with van der Waals surface area (Å²) < 4.78 is 5.32. The molecule has 1 aromatic carbocycles. The average molecular weight is 330 g/mol. The number of halogens is 1. The van der Waals surface area contributed by atoms with Crippen molar-refractivity contribution in [3.63, 3.8) is 0 Å². The number of hydrogen-bond donors (Lipinski definition) is 1. The van der Waals surface area contributed by atoms with Crippen molar-refractivity contribution < 1.29 is 14.5 Å². The molecule has 1 aliphatic heterocycles. The molecule has 0 aromatic heterocycles. The molecule has 8 heteroatoms. The van der Waals surface area contributed by atoms with E-state index in [1.165, 1.54) is 12.1 Å². The van der Waals surface area contributed by atoms with Gasteiger partial charge >= 0.3 is 5.69 Å². The van der Waals surface area contributed by atoms with Gasteiger partial charge < -0.3 is 15.0 Å². The van der Waals surface area contributed by atoms with Crippen molar-refractivity contribution in [2.45, 2.75) is 6.42 Å². The number of para-hydroxylation sites is 2. The van der Waals surface area contributed by atoms with Crippen LogP contribution in [0.2, 0.25) is 0 Å². The van der Waals surface area contributed by atoms with Crippen molar-refractivity contribution >= 4 is 24.0 Å². The average Bonchev–Trinajstić information content (AvgIpc) is 2.94. The topological polar surface area (TPSA) is 84.7 Å². The van der Waals surface area contributed by atoms with Crippen molar-refractivity contribution in [1.29, 1.82) is 0 Å². The highest BCUT2D eigenvalue weighted by atomic mass is 35.5. The van der Waals surface area contributed by atoms with E-state index in [1.54, 1.807) is 17.0 Å². The fraction of sp³-hybridized carbons (Fsp3) is 0.500. The van der Waals surface area contributed by atoms with Crippen LogP contribution in [0, 0.1) is 16.0 Å². The summed E-state index contributed by atoms with van der Waals surface area (Å²) in [6.07, 6.45) is 0.970. The van der Waals surface area contributed by atoms with Gasteiger partial charge in [0, 0.05) is 19.2 Å². The smallest absolute Gasteiger partial charge is 0.310 e. The van der Waals surface area contributed by atoms with E-state index in [0.717, 1.165) is 13.0 Å². The second kappa shape index (κ2) is 8.55. The van der Waals surface area contributed by atoms with E-state index in [9.17, 15) is 14.9 Å². The lowest BCUT2D eigenvalue weighted by Gasteiger charge is -2.16. The van der Waals surface area contributed by atoms with Crippen LogP contribution in [0.4, 0.5) is 5.69 Å². The summed E-state index contributed by atoms with van der Waals surface area (Å²) >= 11 is 0. The molecule has 1 aromatic rings. The summed E-state index contributed by atoms with van der Waals surface area (Å²) in [6, 6.07) is 6.07. The molecule has 1 amide bonds. The molecule has 122 valence electrons. The summed E-state index contributed by atoms with van der Waals surface area (Å²) in [5.74, 6) is 0.457. The molecule has 0 spiro atoms. The van der Waals surface area contributed by atoms with Crippen LogP contribution in [-0.4, -0.2) is 49.0 Å². The Hall–Kier alpha value is -1.86. The van der Waals surface area contributed by atoms with Crippen molar-refractivity contribution in [2.75, 3.05) is 33.3 Å². The van der Waals surface area contributed by atoms with E-state index in [1.807, 2.05) is 7.05 Å². The van der Waals surface area contributed by atoms with Gasteiger partial charge in [0.15, 0.2) is 12.4 Å². The minimum Gasteiger partial charge on any atom is -0.477 e.